The summed E-state index contributed by atoms with van der Waals surface area (Å²) in [5, 5.41) is 0.296. The molecule has 2 nitrogen and oxygen atoms in total. The summed E-state index contributed by atoms with van der Waals surface area (Å²) in [4.78, 5) is 15.8. The van der Waals surface area contributed by atoms with Gasteiger partial charge in [-0.05, 0) is 30.2 Å². The van der Waals surface area contributed by atoms with Crippen LogP contribution in [0.25, 0.3) is 0 Å². The molecule has 98 valence electrons. The number of hydrogen-bond acceptors (Lipinski definition) is 2. The minimum atomic E-state index is -0.863. The van der Waals surface area contributed by atoms with Crippen LogP contribution in [0.4, 0.5) is 8.78 Å². The Kier molecular flexibility index (Phi) is 3.90. The second kappa shape index (κ2) is 5.45. The van der Waals surface area contributed by atoms with Crippen LogP contribution in [0, 0.1) is 18.6 Å². The first-order valence-electron chi connectivity index (χ1n) is 5.57. The van der Waals surface area contributed by atoms with E-state index in [1.54, 1.807) is 6.07 Å². The van der Waals surface area contributed by atoms with Gasteiger partial charge < -0.3 is 0 Å². The lowest BCUT2D eigenvalue weighted by Gasteiger charge is -2.07. The molecule has 0 saturated heterocycles. The summed E-state index contributed by atoms with van der Waals surface area (Å²) >= 11 is 5.86. The lowest BCUT2D eigenvalue weighted by atomic mass is 10.0. The number of aryl methyl sites for hydroxylation is 1. The van der Waals surface area contributed by atoms with Crippen molar-refractivity contribution < 1.29 is 13.6 Å². The molecule has 5 heteroatoms. The fourth-order valence-electron chi connectivity index (χ4n) is 1.72. The smallest absolute Gasteiger partial charge is 0.173 e. The van der Waals surface area contributed by atoms with Crippen LogP contribution in [0.1, 0.15) is 21.5 Å². The Labute approximate surface area is 114 Å². The van der Waals surface area contributed by atoms with Crippen molar-refractivity contribution >= 4 is 17.4 Å². The lowest BCUT2D eigenvalue weighted by molar-refractivity contribution is 0.0984. The zero-order chi connectivity index (χ0) is 14.0. The first kappa shape index (κ1) is 13.6. The normalized spacial score (nSPS) is 10.5. The molecule has 0 spiro atoms. The van der Waals surface area contributed by atoms with Crippen LogP contribution in [0.3, 0.4) is 0 Å². The van der Waals surface area contributed by atoms with E-state index in [9.17, 15) is 13.6 Å². The Morgan fingerprint density at radius 2 is 2.05 bits per heavy atom. The highest BCUT2D eigenvalue weighted by atomic mass is 35.5. The molecule has 0 N–H and O–H groups in total. The van der Waals surface area contributed by atoms with Crippen LogP contribution >= 0.6 is 11.6 Å². The summed E-state index contributed by atoms with van der Waals surface area (Å²) < 4.78 is 27.4. The van der Waals surface area contributed by atoms with Gasteiger partial charge in [0.2, 0.25) is 0 Å². The van der Waals surface area contributed by atoms with Crippen LogP contribution in [-0.2, 0) is 6.42 Å². The second-order valence-corrected chi connectivity index (χ2v) is 4.53. The van der Waals surface area contributed by atoms with Crippen LogP contribution < -0.4 is 0 Å². The number of rotatable bonds is 3. The van der Waals surface area contributed by atoms with E-state index in [2.05, 4.69) is 4.98 Å². The van der Waals surface area contributed by atoms with Gasteiger partial charge >= 0.3 is 0 Å². The van der Waals surface area contributed by atoms with Crippen molar-refractivity contribution in [3.63, 3.8) is 0 Å². The highest BCUT2D eigenvalue weighted by Crippen LogP contribution is 2.21. The molecule has 0 saturated carbocycles. The van der Waals surface area contributed by atoms with Crippen LogP contribution in [0.5, 0.6) is 0 Å². The third-order valence-corrected chi connectivity index (χ3v) is 3.11. The molecule has 0 aliphatic rings. The first-order valence-corrected chi connectivity index (χ1v) is 5.94. The minimum Gasteiger partial charge on any atom is -0.294 e. The fourth-order valence-corrected chi connectivity index (χ4v) is 1.91. The van der Waals surface area contributed by atoms with Crippen molar-refractivity contribution in [1.82, 2.24) is 4.98 Å². The Balaban J connectivity index is 2.36. The van der Waals surface area contributed by atoms with Crippen molar-refractivity contribution in [1.29, 1.82) is 0 Å². The summed E-state index contributed by atoms with van der Waals surface area (Å²) in [5.74, 6) is -2.33. The lowest BCUT2D eigenvalue weighted by Crippen LogP contribution is -2.10. The molecule has 1 heterocycles. The van der Waals surface area contributed by atoms with E-state index in [1.165, 1.54) is 25.4 Å². The van der Waals surface area contributed by atoms with Gasteiger partial charge in [-0.2, -0.15) is 0 Å². The quantitative estimate of drug-likeness (QED) is 0.802. The molecular formula is C14H10ClF2NO. The number of hydrogen-bond donors (Lipinski definition) is 0. The molecule has 0 aliphatic carbocycles. The first-order chi connectivity index (χ1) is 9.00. The molecule has 0 amide bonds. The van der Waals surface area contributed by atoms with Gasteiger partial charge in [0.25, 0.3) is 0 Å². The highest BCUT2D eigenvalue weighted by Gasteiger charge is 2.19. The predicted molar refractivity (Wildman–Crippen MR) is 68.4 cm³/mol. The van der Waals surface area contributed by atoms with Crippen molar-refractivity contribution in [3.05, 3.63) is 63.9 Å². The van der Waals surface area contributed by atoms with Crippen LogP contribution in [0.15, 0.2) is 30.6 Å². The van der Waals surface area contributed by atoms with Gasteiger partial charge in [-0.1, -0.05) is 17.7 Å². The number of nitrogens with zero attached hydrogens (tertiary/aromatic N) is 1. The number of pyridine rings is 1. The molecule has 2 aromatic rings. The molecule has 0 bridgehead atoms. The van der Waals surface area contributed by atoms with Gasteiger partial charge in [0, 0.05) is 18.8 Å². The Hall–Kier alpha value is -1.81. The average molecular weight is 282 g/mol. The van der Waals surface area contributed by atoms with Crippen molar-refractivity contribution in [2.24, 2.45) is 0 Å². The topological polar surface area (TPSA) is 30.0 Å². The summed E-state index contributed by atoms with van der Waals surface area (Å²) in [6, 6.07) is 3.92. The predicted octanol–water partition coefficient (Wildman–Crippen LogP) is 3.75. The summed E-state index contributed by atoms with van der Waals surface area (Å²) in [5.41, 5.74) is 0.195. The Bertz CT molecular complexity index is 643. The minimum absolute atomic E-state index is 0.168. The van der Waals surface area contributed by atoms with E-state index in [1.807, 2.05) is 0 Å². The largest absolute Gasteiger partial charge is 0.294 e. The molecule has 2 rings (SSSR count). The average Bonchev–Trinajstić information content (AvgIpc) is 2.37. The number of benzene rings is 1. The van der Waals surface area contributed by atoms with Gasteiger partial charge in [-0.25, -0.2) is 8.78 Å². The maximum Gasteiger partial charge on any atom is 0.173 e. The maximum atomic E-state index is 13.8. The zero-order valence-corrected chi connectivity index (χ0v) is 10.8. The number of Topliss-reactive ketones (excluding diaryl/α,β-unsaturated/α-hetero) is 1. The van der Waals surface area contributed by atoms with Crippen molar-refractivity contribution in [2.75, 3.05) is 0 Å². The van der Waals surface area contributed by atoms with E-state index in [4.69, 9.17) is 11.6 Å². The zero-order valence-electron chi connectivity index (χ0n) is 10.1. The number of aromatic nitrogens is 1. The van der Waals surface area contributed by atoms with Gasteiger partial charge in [0.05, 0.1) is 10.6 Å². The summed E-state index contributed by atoms with van der Waals surface area (Å²) in [6.45, 7) is 1.48. The van der Waals surface area contributed by atoms with Gasteiger partial charge in [-0.15, -0.1) is 0 Å². The molecule has 0 fully saturated rings. The molecule has 1 aromatic heterocycles. The molecule has 0 unspecified atom stereocenters. The van der Waals surface area contributed by atoms with E-state index in [-0.39, 0.29) is 12.0 Å². The van der Waals surface area contributed by atoms with Crippen LogP contribution in [-0.4, -0.2) is 10.8 Å². The maximum absolute atomic E-state index is 13.8. The second-order valence-electron chi connectivity index (χ2n) is 4.12. The monoisotopic (exact) mass is 281 g/mol. The van der Waals surface area contributed by atoms with E-state index in [0.29, 0.717) is 10.6 Å². The SMILES string of the molecule is Cc1ccc(F)c(C(=O)Cc2ccncc2Cl)c1F. The third-order valence-electron chi connectivity index (χ3n) is 2.77. The third kappa shape index (κ3) is 2.79. The van der Waals surface area contributed by atoms with Gasteiger partial charge in [0.1, 0.15) is 11.6 Å². The van der Waals surface area contributed by atoms with Gasteiger partial charge in [0.15, 0.2) is 5.78 Å². The van der Waals surface area contributed by atoms with E-state index in [0.717, 1.165) is 6.07 Å². The standard InChI is InChI=1S/C14H10ClF2NO/c1-8-2-3-11(16)13(14(8)17)12(19)6-9-4-5-18-7-10(9)15/h2-5,7H,6H2,1H3. The molecular weight excluding hydrogens is 272 g/mol. The van der Waals surface area contributed by atoms with E-state index < -0.39 is 23.0 Å². The molecule has 0 atom stereocenters. The molecule has 0 radical (unpaired) electrons. The number of ketones is 1. The summed E-state index contributed by atoms with van der Waals surface area (Å²) in [7, 11) is 0. The molecule has 0 aliphatic heterocycles. The van der Waals surface area contributed by atoms with Gasteiger partial charge in [-0.3, -0.25) is 9.78 Å². The molecule has 19 heavy (non-hydrogen) atoms. The number of carbonyl (C=O) groups excluding carboxylic acids is 1. The Morgan fingerprint density at radius 1 is 1.32 bits per heavy atom. The highest BCUT2D eigenvalue weighted by molar-refractivity contribution is 6.31. The fraction of sp³-hybridized carbons (Fsp3) is 0.143. The molecule has 1 aromatic carbocycles. The summed E-state index contributed by atoms with van der Waals surface area (Å²) in [6.07, 6.45) is 2.68. The number of carbonyl (C=O) groups is 1. The Morgan fingerprint density at radius 3 is 2.74 bits per heavy atom. The van der Waals surface area contributed by atoms with Crippen LogP contribution in [0.2, 0.25) is 5.02 Å². The van der Waals surface area contributed by atoms with Crippen molar-refractivity contribution in [2.45, 2.75) is 13.3 Å². The van der Waals surface area contributed by atoms with E-state index >= 15 is 0 Å². The number of halogens is 3. The van der Waals surface area contributed by atoms with Crippen molar-refractivity contribution in [3.8, 4) is 0 Å².